The van der Waals surface area contributed by atoms with Gasteiger partial charge in [0.1, 0.15) is 16.6 Å². The van der Waals surface area contributed by atoms with Crippen LogP contribution in [0.5, 0.6) is 0 Å². The zero-order valence-electron chi connectivity index (χ0n) is 12.6. The second kappa shape index (κ2) is 8.03. The number of nitrogens with zero attached hydrogens (tertiary/aromatic N) is 2. The molecule has 0 saturated heterocycles. The van der Waals surface area contributed by atoms with E-state index in [-0.39, 0.29) is 0 Å². The minimum absolute atomic E-state index is 0.448. The second-order valence-electron chi connectivity index (χ2n) is 4.98. The molecule has 0 spiro atoms. The molecule has 0 unspecified atom stereocenters. The lowest BCUT2D eigenvalue weighted by atomic mass is 10.2. The third kappa shape index (κ3) is 4.42. The Morgan fingerprint density at radius 1 is 1.20 bits per heavy atom. The Kier molecular flexibility index (Phi) is 5.77. The Morgan fingerprint density at radius 3 is 2.64 bits per heavy atom. The van der Waals surface area contributed by atoms with E-state index in [1.54, 1.807) is 18.3 Å². The molecule has 0 atom stereocenters. The number of nitriles is 1. The third-order valence-corrected chi connectivity index (χ3v) is 5.24. The summed E-state index contributed by atoms with van der Waals surface area (Å²) in [5.41, 5.74) is 2.83. The molecule has 0 saturated carbocycles. The lowest BCUT2D eigenvalue weighted by Gasteiger charge is -2.02. The standard InChI is InChI=1S/C18H10BrCl2N3S/c19-12-1-4-14(5-2-12)23-9-11(8-22)18-24-17(10-25-18)15-6-3-13(20)7-16(15)21/h1-7,9-10,23H. The van der Waals surface area contributed by atoms with Crippen molar-refractivity contribution in [3.05, 3.63) is 73.6 Å². The Bertz CT molecular complexity index is 975. The average Bonchev–Trinajstić information content (AvgIpc) is 3.06. The highest BCUT2D eigenvalue weighted by molar-refractivity contribution is 9.10. The van der Waals surface area contributed by atoms with Gasteiger partial charge in [0.05, 0.1) is 10.7 Å². The van der Waals surface area contributed by atoms with Crippen LogP contribution in [0.4, 0.5) is 5.69 Å². The van der Waals surface area contributed by atoms with Gasteiger partial charge in [0.15, 0.2) is 0 Å². The molecule has 0 aliphatic carbocycles. The lowest BCUT2D eigenvalue weighted by molar-refractivity contribution is 1.36. The summed E-state index contributed by atoms with van der Waals surface area (Å²) in [5, 5.41) is 16.1. The first-order valence-corrected chi connectivity index (χ1v) is 9.53. The third-order valence-electron chi connectivity index (χ3n) is 3.29. The molecule has 0 aliphatic rings. The number of halogens is 3. The van der Waals surface area contributed by atoms with Gasteiger partial charge >= 0.3 is 0 Å². The Morgan fingerprint density at radius 2 is 1.96 bits per heavy atom. The molecular weight excluding hydrogens is 441 g/mol. The first kappa shape index (κ1) is 18.0. The lowest BCUT2D eigenvalue weighted by Crippen LogP contribution is -1.91. The maximum Gasteiger partial charge on any atom is 0.136 e. The van der Waals surface area contributed by atoms with Gasteiger partial charge in [-0.2, -0.15) is 5.26 Å². The number of allylic oxidation sites excluding steroid dienone is 1. The predicted molar refractivity (Wildman–Crippen MR) is 109 cm³/mol. The van der Waals surface area contributed by atoms with Crippen molar-refractivity contribution < 1.29 is 0 Å². The highest BCUT2D eigenvalue weighted by atomic mass is 79.9. The van der Waals surface area contributed by atoms with Gasteiger partial charge in [-0.3, -0.25) is 0 Å². The number of nitrogens with one attached hydrogen (secondary N) is 1. The summed E-state index contributed by atoms with van der Waals surface area (Å²) in [5.74, 6) is 0. The number of benzene rings is 2. The summed E-state index contributed by atoms with van der Waals surface area (Å²) in [6.07, 6.45) is 1.65. The quantitative estimate of drug-likeness (QED) is 0.441. The normalized spacial score (nSPS) is 11.2. The fourth-order valence-corrected chi connectivity index (χ4v) is 3.62. The van der Waals surface area contributed by atoms with Gasteiger partial charge in [-0.25, -0.2) is 4.98 Å². The van der Waals surface area contributed by atoms with E-state index in [4.69, 9.17) is 23.2 Å². The van der Waals surface area contributed by atoms with Crippen molar-refractivity contribution in [2.75, 3.05) is 5.32 Å². The van der Waals surface area contributed by atoms with Gasteiger partial charge in [-0.1, -0.05) is 39.1 Å². The molecular formula is C18H10BrCl2N3S. The maximum atomic E-state index is 9.43. The molecule has 0 fully saturated rings. The number of anilines is 1. The van der Waals surface area contributed by atoms with Crippen molar-refractivity contribution in [2.45, 2.75) is 0 Å². The molecule has 0 radical (unpaired) electrons. The number of rotatable bonds is 4. The van der Waals surface area contributed by atoms with E-state index < -0.39 is 0 Å². The summed E-state index contributed by atoms with van der Waals surface area (Å²) >= 11 is 16.9. The average molecular weight is 451 g/mol. The van der Waals surface area contributed by atoms with Crippen LogP contribution < -0.4 is 5.32 Å². The first-order valence-electron chi connectivity index (χ1n) is 7.10. The van der Waals surface area contributed by atoms with Crippen LogP contribution in [0.15, 0.2) is 58.5 Å². The molecule has 3 rings (SSSR count). The molecule has 0 bridgehead atoms. The summed E-state index contributed by atoms with van der Waals surface area (Å²) in [7, 11) is 0. The van der Waals surface area contributed by atoms with Crippen LogP contribution in [0.1, 0.15) is 5.01 Å². The van der Waals surface area contributed by atoms with Gasteiger partial charge in [0.25, 0.3) is 0 Å². The van der Waals surface area contributed by atoms with Crippen LogP contribution in [0.3, 0.4) is 0 Å². The van der Waals surface area contributed by atoms with Gasteiger partial charge < -0.3 is 5.32 Å². The molecule has 1 N–H and O–H groups in total. The van der Waals surface area contributed by atoms with Crippen LogP contribution in [-0.4, -0.2) is 4.98 Å². The summed E-state index contributed by atoms with van der Waals surface area (Å²) in [4.78, 5) is 4.52. The molecule has 1 aromatic heterocycles. The molecule has 0 aliphatic heterocycles. The van der Waals surface area contributed by atoms with E-state index in [0.717, 1.165) is 15.7 Å². The number of aromatic nitrogens is 1. The molecule has 0 amide bonds. The second-order valence-corrected chi connectivity index (χ2v) is 7.60. The number of thiazole rings is 1. The van der Waals surface area contributed by atoms with Crippen LogP contribution in [0.2, 0.25) is 10.0 Å². The fourth-order valence-electron chi connectivity index (χ4n) is 2.06. The van der Waals surface area contributed by atoms with Crippen molar-refractivity contribution in [1.29, 1.82) is 5.26 Å². The number of hydrogen-bond acceptors (Lipinski definition) is 4. The van der Waals surface area contributed by atoms with E-state index >= 15 is 0 Å². The van der Waals surface area contributed by atoms with Crippen molar-refractivity contribution >= 4 is 61.7 Å². The van der Waals surface area contributed by atoms with Crippen LogP contribution in [0.25, 0.3) is 16.8 Å². The topological polar surface area (TPSA) is 48.7 Å². The zero-order chi connectivity index (χ0) is 17.8. The Hall–Kier alpha value is -1.84. The van der Waals surface area contributed by atoms with E-state index in [1.165, 1.54) is 11.3 Å². The first-order chi connectivity index (χ1) is 12.1. The van der Waals surface area contributed by atoms with E-state index in [0.29, 0.717) is 26.3 Å². The molecule has 25 heavy (non-hydrogen) atoms. The number of hydrogen-bond donors (Lipinski definition) is 1. The molecule has 1 heterocycles. The van der Waals surface area contributed by atoms with Gasteiger partial charge in [-0.05, 0) is 42.5 Å². The monoisotopic (exact) mass is 449 g/mol. The summed E-state index contributed by atoms with van der Waals surface area (Å²) in [6.45, 7) is 0. The van der Waals surface area contributed by atoms with E-state index in [2.05, 4.69) is 32.3 Å². The van der Waals surface area contributed by atoms with Crippen LogP contribution >= 0.6 is 50.5 Å². The predicted octanol–water partition coefficient (Wildman–Crippen LogP) is 6.86. The summed E-state index contributed by atoms with van der Waals surface area (Å²) < 4.78 is 0.993. The minimum atomic E-state index is 0.448. The van der Waals surface area contributed by atoms with Crippen LogP contribution in [0, 0.1) is 11.3 Å². The molecule has 3 aromatic rings. The highest BCUT2D eigenvalue weighted by Gasteiger charge is 2.11. The SMILES string of the molecule is N#CC(=CNc1ccc(Br)cc1)c1nc(-c2ccc(Cl)cc2Cl)cs1. The zero-order valence-corrected chi connectivity index (χ0v) is 16.5. The van der Waals surface area contributed by atoms with Crippen molar-refractivity contribution in [3.63, 3.8) is 0 Å². The van der Waals surface area contributed by atoms with Gasteiger partial charge in [0, 0.05) is 32.3 Å². The molecule has 7 heteroatoms. The van der Waals surface area contributed by atoms with Gasteiger partial charge in [-0.15, -0.1) is 11.3 Å². The minimum Gasteiger partial charge on any atom is -0.360 e. The largest absolute Gasteiger partial charge is 0.360 e. The fraction of sp³-hybridized carbons (Fsp3) is 0. The van der Waals surface area contributed by atoms with Crippen molar-refractivity contribution in [3.8, 4) is 17.3 Å². The Balaban J connectivity index is 1.85. The molecule has 124 valence electrons. The smallest absolute Gasteiger partial charge is 0.136 e. The highest BCUT2D eigenvalue weighted by Crippen LogP contribution is 2.32. The van der Waals surface area contributed by atoms with E-state index in [1.807, 2.05) is 35.7 Å². The van der Waals surface area contributed by atoms with Crippen LogP contribution in [-0.2, 0) is 0 Å². The van der Waals surface area contributed by atoms with Gasteiger partial charge in [0.2, 0.25) is 0 Å². The van der Waals surface area contributed by atoms with E-state index in [9.17, 15) is 5.26 Å². The van der Waals surface area contributed by atoms with Crippen molar-refractivity contribution in [1.82, 2.24) is 4.98 Å². The molecule has 3 nitrogen and oxygen atoms in total. The maximum absolute atomic E-state index is 9.43. The van der Waals surface area contributed by atoms with Crippen molar-refractivity contribution in [2.24, 2.45) is 0 Å². The molecule has 2 aromatic carbocycles. The Labute approximate surface area is 167 Å². The summed E-state index contributed by atoms with van der Waals surface area (Å²) in [6, 6.07) is 15.1.